The van der Waals surface area contributed by atoms with Gasteiger partial charge in [0.15, 0.2) is 5.92 Å². The summed E-state index contributed by atoms with van der Waals surface area (Å²) < 4.78 is 15.5. The molecule has 2 rings (SSSR count). The van der Waals surface area contributed by atoms with Crippen molar-refractivity contribution >= 4 is 23.7 Å². The minimum atomic E-state index is -1.54. The third-order valence-corrected chi connectivity index (χ3v) is 4.32. The predicted octanol–water partition coefficient (Wildman–Crippen LogP) is 2.82. The van der Waals surface area contributed by atoms with Gasteiger partial charge in [-0.05, 0) is 47.9 Å². The van der Waals surface area contributed by atoms with E-state index in [2.05, 4.69) is 5.32 Å². The maximum Gasteiger partial charge on any atom is 0.411 e. The van der Waals surface area contributed by atoms with Crippen LogP contribution in [0.2, 0.25) is 0 Å². The van der Waals surface area contributed by atoms with Gasteiger partial charge in [-0.2, -0.15) is 0 Å². The topological polar surface area (TPSA) is 131 Å². The average molecular weight is 417 g/mol. The summed E-state index contributed by atoms with van der Waals surface area (Å²) in [6.07, 6.45) is -0.495. The van der Waals surface area contributed by atoms with Crippen LogP contribution in [0.1, 0.15) is 11.1 Å². The fraction of sp³-hybridized carbons (Fsp3) is 0.286. The fourth-order valence-electron chi connectivity index (χ4n) is 2.75. The molecule has 0 aliphatic rings. The molecule has 0 spiro atoms. The van der Waals surface area contributed by atoms with Gasteiger partial charge < -0.3 is 24.4 Å². The van der Waals surface area contributed by atoms with E-state index in [0.29, 0.717) is 34.7 Å². The van der Waals surface area contributed by atoms with Gasteiger partial charge in [0.25, 0.3) is 0 Å². The monoisotopic (exact) mass is 417 g/mol. The highest BCUT2D eigenvalue weighted by atomic mass is 16.5. The van der Waals surface area contributed by atoms with Crippen molar-refractivity contribution in [2.75, 3.05) is 26.1 Å². The van der Waals surface area contributed by atoms with Gasteiger partial charge >= 0.3 is 18.0 Å². The lowest BCUT2D eigenvalue weighted by Crippen LogP contribution is -2.25. The van der Waals surface area contributed by atoms with Crippen molar-refractivity contribution in [3.63, 3.8) is 0 Å². The van der Waals surface area contributed by atoms with Crippen molar-refractivity contribution in [3.8, 4) is 11.5 Å². The highest BCUT2D eigenvalue weighted by molar-refractivity contribution is 5.93. The zero-order valence-electron chi connectivity index (χ0n) is 16.6. The summed E-state index contributed by atoms with van der Waals surface area (Å²) in [5, 5.41) is 20.7. The Kier molecular flexibility index (Phi) is 8.04. The van der Waals surface area contributed by atoms with Crippen LogP contribution in [0, 0.1) is 5.92 Å². The number of hydrogen-bond acceptors (Lipinski definition) is 6. The second-order valence-electron chi connectivity index (χ2n) is 6.32. The van der Waals surface area contributed by atoms with Crippen LogP contribution < -0.4 is 14.8 Å². The van der Waals surface area contributed by atoms with E-state index in [1.165, 1.54) is 7.11 Å². The molecule has 9 heteroatoms. The first kappa shape index (κ1) is 22.5. The van der Waals surface area contributed by atoms with E-state index in [1.807, 2.05) is 0 Å². The van der Waals surface area contributed by atoms with E-state index in [0.717, 1.165) is 0 Å². The van der Waals surface area contributed by atoms with Crippen molar-refractivity contribution in [1.29, 1.82) is 0 Å². The molecule has 0 atom stereocenters. The molecule has 0 bridgehead atoms. The lowest BCUT2D eigenvalue weighted by molar-refractivity contribution is -0.154. The van der Waals surface area contributed by atoms with Crippen molar-refractivity contribution < 1.29 is 38.8 Å². The Morgan fingerprint density at radius 2 is 1.63 bits per heavy atom. The third-order valence-electron chi connectivity index (χ3n) is 4.32. The molecular formula is C21H23NO8. The number of benzene rings is 2. The number of amides is 1. The zero-order chi connectivity index (χ0) is 22.1. The molecule has 1 amide bonds. The molecule has 0 fully saturated rings. The van der Waals surface area contributed by atoms with Crippen LogP contribution in [0.15, 0.2) is 42.5 Å². The molecule has 0 saturated carbocycles. The Bertz CT molecular complexity index is 880. The van der Waals surface area contributed by atoms with Crippen LogP contribution in [0.25, 0.3) is 0 Å². The third kappa shape index (κ3) is 6.40. The summed E-state index contributed by atoms with van der Waals surface area (Å²) in [5.41, 5.74) is 1.75. The normalized spacial score (nSPS) is 10.4. The van der Waals surface area contributed by atoms with Gasteiger partial charge in [-0.3, -0.25) is 14.9 Å². The number of anilines is 1. The van der Waals surface area contributed by atoms with Gasteiger partial charge in [-0.1, -0.05) is 12.1 Å². The van der Waals surface area contributed by atoms with E-state index in [1.54, 1.807) is 49.6 Å². The van der Waals surface area contributed by atoms with Crippen LogP contribution in [0.3, 0.4) is 0 Å². The van der Waals surface area contributed by atoms with Gasteiger partial charge in [0.05, 0.1) is 20.8 Å². The summed E-state index contributed by atoms with van der Waals surface area (Å²) in [5.74, 6) is -3.16. The highest BCUT2D eigenvalue weighted by Crippen LogP contribution is 2.23. The van der Waals surface area contributed by atoms with Crippen LogP contribution in [0.5, 0.6) is 11.5 Å². The Morgan fingerprint density at radius 3 is 2.20 bits per heavy atom. The van der Waals surface area contributed by atoms with E-state index in [9.17, 15) is 14.4 Å². The summed E-state index contributed by atoms with van der Waals surface area (Å²) in [4.78, 5) is 34.2. The highest BCUT2D eigenvalue weighted by Gasteiger charge is 2.26. The molecule has 30 heavy (non-hydrogen) atoms. The second kappa shape index (κ2) is 10.7. The minimum absolute atomic E-state index is 0.0447. The van der Waals surface area contributed by atoms with E-state index >= 15 is 0 Å². The molecule has 0 aliphatic heterocycles. The van der Waals surface area contributed by atoms with Gasteiger partial charge in [0.1, 0.15) is 11.5 Å². The Balaban J connectivity index is 1.96. The van der Waals surface area contributed by atoms with Crippen molar-refractivity contribution in [2.45, 2.75) is 12.8 Å². The van der Waals surface area contributed by atoms with Crippen LogP contribution in [-0.4, -0.2) is 49.1 Å². The van der Waals surface area contributed by atoms with Crippen LogP contribution in [0.4, 0.5) is 10.5 Å². The Labute approximate surface area is 173 Å². The predicted molar refractivity (Wildman–Crippen MR) is 107 cm³/mol. The molecule has 160 valence electrons. The van der Waals surface area contributed by atoms with Gasteiger partial charge in [0.2, 0.25) is 0 Å². The number of rotatable bonds is 10. The quantitative estimate of drug-likeness (QED) is 0.503. The molecule has 0 saturated heterocycles. The van der Waals surface area contributed by atoms with E-state index < -0.39 is 23.9 Å². The van der Waals surface area contributed by atoms with Crippen molar-refractivity contribution in [2.24, 2.45) is 5.92 Å². The van der Waals surface area contributed by atoms with Gasteiger partial charge in [-0.25, -0.2) is 4.79 Å². The van der Waals surface area contributed by atoms with E-state index in [4.69, 9.17) is 24.4 Å². The first-order valence-corrected chi connectivity index (χ1v) is 9.03. The number of methoxy groups -OCH3 is 2. The summed E-state index contributed by atoms with van der Waals surface area (Å²) in [7, 11) is 3.02. The van der Waals surface area contributed by atoms with Gasteiger partial charge in [0, 0.05) is 12.1 Å². The first-order valence-electron chi connectivity index (χ1n) is 9.03. The van der Waals surface area contributed by atoms with Gasteiger partial charge in [-0.15, -0.1) is 0 Å². The Hall–Kier alpha value is -3.75. The number of nitrogens with one attached hydrogen (secondary N) is 1. The molecule has 2 aromatic rings. The number of carbonyl (C=O) groups is 3. The van der Waals surface area contributed by atoms with E-state index in [-0.39, 0.29) is 13.0 Å². The SMILES string of the molecule is COc1ccc(NC(=O)OCCc2cc(CC(C(=O)O)C(=O)O)ccc2OC)cc1. The van der Waals surface area contributed by atoms with Crippen LogP contribution in [-0.2, 0) is 27.2 Å². The molecular weight excluding hydrogens is 394 g/mol. The fourth-order valence-corrected chi connectivity index (χ4v) is 2.75. The molecule has 0 heterocycles. The van der Waals surface area contributed by atoms with Crippen molar-refractivity contribution in [3.05, 3.63) is 53.6 Å². The summed E-state index contributed by atoms with van der Waals surface area (Å²) >= 11 is 0. The molecule has 2 aromatic carbocycles. The number of ether oxygens (including phenoxy) is 3. The largest absolute Gasteiger partial charge is 0.497 e. The number of carboxylic acids is 2. The molecule has 0 aromatic heterocycles. The maximum absolute atomic E-state index is 11.9. The number of carboxylic acid groups (broad SMARTS) is 2. The standard InChI is InChI=1S/C21H23NO8/c1-28-16-6-4-15(5-7-16)22-21(27)30-10-9-14-11-13(3-8-18(14)29-2)12-17(19(23)24)20(25)26/h3-8,11,17H,9-10,12H2,1-2H3,(H,22,27)(H,23,24)(H,25,26). The molecule has 0 unspecified atom stereocenters. The lowest BCUT2D eigenvalue weighted by Gasteiger charge is -2.13. The smallest absolute Gasteiger partial charge is 0.411 e. The van der Waals surface area contributed by atoms with Crippen molar-refractivity contribution in [1.82, 2.24) is 0 Å². The second-order valence-corrected chi connectivity index (χ2v) is 6.32. The number of hydrogen-bond donors (Lipinski definition) is 3. The zero-order valence-corrected chi connectivity index (χ0v) is 16.6. The maximum atomic E-state index is 11.9. The van der Waals surface area contributed by atoms with Crippen LogP contribution >= 0.6 is 0 Å². The molecule has 3 N–H and O–H groups in total. The molecule has 9 nitrogen and oxygen atoms in total. The lowest BCUT2D eigenvalue weighted by atomic mass is 9.97. The summed E-state index contributed by atoms with van der Waals surface area (Å²) in [6, 6.07) is 11.6. The first-order chi connectivity index (χ1) is 14.3. The number of aliphatic carboxylic acids is 2. The Morgan fingerprint density at radius 1 is 0.967 bits per heavy atom. The summed E-state index contributed by atoms with van der Waals surface area (Å²) in [6.45, 7) is 0.0447. The average Bonchev–Trinajstić information content (AvgIpc) is 2.72. The minimum Gasteiger partial charge on any atom is -0.497 e. The number of carbonyl (C=O) groups excluding carboxylic acids is 1. The molecule has 0 aliphatic carbocycles. The molecule has 0 radical (unpaired) electrons.